The number of rotatable bonds is 4. The van der Waals surface area contributed by atoms with Crippen LogP contribution in [0.25, 0.3) is 0 Å². The molecule has 0 saturated heterocycles. The second-order valence-electron chi connectivity index (χ2n) is 1.48. The van der Waals surface area contributed by atoms with Crippen LogP contribution in [0.2, 0.25) is 0 Å². The largest absolute Gasteiger partial charge is 0.383 e. The number of halogens is 1. The van der Waals surface area contributed by atoms with Gasteiger partial charge in [-0.15, -0.1) is 11.6 Å². The van der Waals surface area contributed by atoms with Crippen LogP contribution in [0.5, 0.6) is 0 Å². The highest BCUT2D eigenvalue weighted by molar-refractivity contribution is 6.27. The average Bonchev–Trinajstić information content (AvgIpc) is 1.89. The van der Waals surface area contributed by atoms with E-state index < -0.39 is 0 Å². The smallest absolute Gasteiger partial charge is 0.235 e. The Hall–Kier alpha value is -0.280. The Kier molecular flexibility index (Phi) is 5.67. The van der Waals surface area contributed by atoms with Gasteiger partial charge in [0, 0.05) is 13.7 Å². The first-order chi connectivity index (χ1) is 4.31. The van der Waals surface area contributed by atoms with E-state index in [-0.39, 0.29) is 11.8 Å². The minimum atomic E-state index is -0.159. The summed E-state index contributed by atoms with van der Waals surface area (Å²) >= 11 is 5.18. The maximum atomic E-state index is 10.4. The number of alkyl halides is 1. The molecule has 0 heterocycles. The van der Waals surface area contributed by atoms with Gasteiger partial charge in [-0.3, -0.25) is 4.79 Å². The Labute approximate surface area is 59.3 Å². The summed E-state index contributed by atoms with van der Waals surface area (Å²) in [5, 5.41) is 2.54. The minimum absolute atomic E-state index is 0.0176. The Morgan fingerprint density at radius 3 is 2.89 bits per heavy atom. The van der Waals surface area contributed by atoms with Crippen LogP contribution in [0.3, 0.4) is 0 Å². The third kappa shape index (κ3) is 5.59. The highest BCUT2D eigenvalue weighted by Gasteiger charge is 1.93. The number of methoxy groups -OCH3 is 1. The number of nitrogens with one attached hydrogen (secondary N) is 1. The summed E-state index contributed by atoms with van der Waals surface area (Å²) in [6.07, 6.45) is 0. The van der Waals surface area contributed by atoms with E-state index in [0.717, 1.165) is 0 Å². The highest BCUT2D eigenvalue weighted by Crippen LogP contribution is 1.72. The first-order valence-electron chi connectivity index (χ1n) is 2.63. The summed E-state index contributed by atoms with van der Waals surface area (Å²) < 4.78 is 4.68. The lowest BCUT2D eigenvalue weighted by molar-refractivity contribution is -0.118. The lowest BCUT2D eigenvalue weighted by atomic mass is 10.6. The van der Waals surface area contributed by atoms with Gasteiger partial charge in [0.25, 0.3) is 0 Å². The molecule has 0 unspecified atom stereocenters. The molecule has 0 aromatic heterocycles. The molecule has 0 radical (unpaired) electrons. The summed E-state index contributed by atoms with van der Waals surface area (Å²) in [7, 11) is 1.58. The summed E-state index contributed by atoms with van der Waals surface area (Å²) in [4.78, 5) is 10.4. The zero-order valence-corrected chi connectivity index (χ0v) is 6.07. The number of hydrogen-bond acceptors (Lipinski definition) is 2. The molecule has 0 aromatic carbocycles. The number of ether oxygens (including phenoxy) is 1. The van der Waals surface area contributed by atoms with Crippen molar-refractivity contribution >= 4 is 17.5 Å². The van der Waals surface area contributed by atoms with Crippen LogP contribution >= 0.6 is 11.6 Å². The molecule has 0 aliphatic rings. The Bertz CT molecular complexity index is 87.0. The van der Waals surface area contributed by atoms with Crippen LogP contribution < -0.4 is 5.32 Å². The third-order valence-corrected chi connectivity index (χ3v) is 0.992. The van der Waals surface area contributed by atoms with Gasteiger partial charge in [-0.05, 0) is 0 Å². The summed E-state index contributed by atoms with van der Waals surface area (Å²) in [5.41, 5.74) is 0. The van der Waals surface area contributed by atoms with Crippen molar-refractivity contribution in [1.29, 1.82) is 0 Å². The van der Waals surface area contributed by atoms with Crippen molar-refractivity contribution in [3.63, 3.8) is 0 Å². The number of carbonyl (C=O) groups is 1. The normalized spacial score (nSPS) is 9.11. The first-order valence-corrected chi connectivity index (χ1v) is 3.16. The van der Waals surface area contributed by atoms with Crippen LogP contribution in [0.1, 0.15) is 0 Å². The van der Waals surface area contributed by atoms with E-state index in [1.165, 1.54) is 0 Å². The lowest BCUT2D eigenvalue weighted by Gasteiger charge is -1.99. The molecule has 54 valence electrons. The molecule has 4 heteroatoms. The highest BCUT2D eigenvalue weighted by atomic mass is 35.5. The van der Waals surface area contributed by atoms with E-state index in [1.54, 1.807) is 7.11 Å². The molecule has 0 atom stereocenters. The van der Waals surface area contributed by atoms with Gasteiger partial charge >= 0.3 is 0 Å². The molecule has 0 aliphatic carbocycles. The van der Waals surface area contributed by atoms with Crippen LogP contribution in [-0.4, -0.2) is 32.0 Å². The van der Waals surface area contributed by atoms with Crippen LogP contribution in [-0.2, 0) is 9.53 Å². The summed E-state index contributed by atoms with van der Waals surface area (Å²) in [6.45, 7) is 1.06. The first kappa shape index (κ1) is 8.72. The van der Waals surface area contributed by atoms with Gasteiger partial charge in [-0.1, -0.05) is 0 Å². The van der Waals surface area contributed by atoms with Gasteiger partial charge in [0.15, 0.2) is 0 Å². The Balaban J connectivity index is 2.97. The molecule has 1 amide bonds. The molecule has 0 aliphatic heterocycles. The maximum absolute atomic E-state index is 10.4. The molecule has 0 rings (SSSR count). The van der Waals surface area contributed by atoms with Crippen LogP contribution in [0.4, 0.5) is 0 Å². The van der Waals surface area contributed by atoms with E-state index in [9.17, 15) is 4.79 Å². The predicted molar refractivity (Wildman–Crippen MR) is 35.6 cm³/mol. The molecule has 0 bridgehead atoms. The minimum Gasteiger partial charge on any atom is -0.383 e. The van der Waals surface area contributed by atoms with Crippen molar-refractivity contribution in [1.82, 2.24) is 5.32 Å². The van der Waals surface area contributed by atoms with E-state index in [2.05, 4.69) is 10.1 Å². The molecule has 0 fully saturated rings. The van der Waals surface area contributed by atoms with Gasteiger partial charge in [0.1, 0.15) is 5.88 Å². The van der Waals surface area contributed by atoms with Crippen LogP contribution in [0, 0.1) is 0 Å². The SMILES string of the molecule is COCCNC(=O)CCl. The lowest BCUT2D eigenvalue weighted by Crippen LogP contribution is -2.27. The summed E-state index contributed by atoms with van der Waals surface area (Å²) in [5.74, 6) is -0.141. The van der Waals surface area contributed by atoms with E-state index in [4.69, 9.17) is 11.6 Å². The standard InChI is InChI=1S/C5H10ClNO2/c1-9-3-2-7-5(8)4-6/h2-4H2,1H3,(H,7,8). The fourth-order valence-electron chi connectivity index (χ4n) is 0.340. The molecule has 3 nitrogen and oxygen atoms in total. The average molecular weight is 152 g/mol. The van der Waals surface area contributed by atoms with Gasteiger partial charge < -0.3 is 10.1 Å². The van der Waals surface area contributed by atoms with Crippen LogP contribution in [0.15, 0.2) is 0 Å². The predicted octanol–water partition coefficient (Wildman–Crippen LogP) is -0.0122. The molecule has 0 aromatic rings. The Morgan fingerprint density at radius 2 is 2.44 bits per heavy atom. The van der Waals surface area contributed by atoms with Crippen molar-refractivity contribution in [2.45, 2.75) is 0 Å². The summed E-state index contributed by atoms with van der Waals surface area (Å²) in [6, 6.07) is 0. The topological polar surface area (TPSA) is 38.3 Å². The quantitative estimate of drug-likeness (QED) is 0.453. The van der Waals surface area contributed by atoms with Crippen molar-refractivity contribution in [2.24, 2.45) is 0 Å². The van der Waals surface area contributed by atoms with Crippen molar-refractivity contribution < 1.29 is 9.53 Å². The van der Waals surface area contributed by atoms with Crippen molar-refractivity contribution in [3.05, 3.63) is 0 Å². The number of hydrogen-bond donors (Lipinski definition) is 1. The second kappa shape index (κ2) is 5.85. The van der Waals surface area contributed by atoms with Gasteiger partial charge in [-0.25, -0.2) is 0 Å². The Morgan fingerprint density at radius 1 is 1.78 bits per heavy atom. The molecule has 1 N–H and O–H groups in total. The number of amides is 1. The maximum Gasteiger partial charge on any atom is 0.235 e. The van der Waals surface area contributed by atoms with E-state index >= 15 is 0 Å². The zero-order valence-electron chi connectivity index (χ0n) is 5.32. The third-order valence-electron chi connectivity index (χ3n) is 0.750. The zero-order chi connectivity index (χ0) is 7.11. The monoisotopic (exact) mass is 151 g/mol. The van der Waals surface area contributed by atoms with E-state index in [1.807, 2.05) is 0 Å². The molecular weight excluding hydrogens is 142 g/mol. The van der Waals surface area contributed by atoms with Gasteiger partial charge in [-0.2, -0.15) is 0 Å². The van der Waals surface area contributed by atoms with Gasteiger partial charge in [0.05, 0.1) is 6.61 Å². The van der Waals surface area contributed by atoms with Crippen molar-refractivity contribution in [3.8, 4) is 0 Å². The molecule has 0 spiro atoms. The molecular formula is C5H10ClNO2. The van der Waals surface area contributed by atoms with Crippen molar-refractivity contribution in [2.75, 3.05) is 26.1 Å². The van der Waals surface area contributed by atoms with Gasteiger partial charge in [0.2, 0.25) is 5.91 Å². The number of carbonyl (C=O) groups excluding carboxylic acids is 1. The molecule has 9 heavy (non-hydrogen) atoms. The van der Waals surface area contributed by atoms with E-state index in [0.29, 0.717) is 13.2 Å². The second-order valence-corrected chi connectivity index (χ2v) is 1.74. The fraction of sp³-hybridized carbons (Fsp3) is 0.800. The molecule has 0 saturated carbocycles. The fourth-order valence-corrected chi connectivity index (χ4v) is 0.434.